The minimum Gasteiger partial charge on any atom is -0.293 e. The van der Waals surface area contributed by atoms with Gasteiger partial charge in [-0.05, 0) is 57.4 Å². The summed E-state index contributed by atoms with van der Waals surface area (Å²) in [6.45, 7) is 10.2. The first-order valence-electron chi connectivity index (χ1n) is 10.9. The minimum atomic E-state index is 0.0729. The van der Waals surface area contributed by atoms with E-state index in [2.05, 4.69) is 73.4 Å². The maximum atomic E-state index is 12.9. The Morgan fingerprint density at radius 2 is 1.24 bits per heavy atom. The van der Waals surface area contributed by atoms with E-state index in [1.807, 2.05) is 32.0 Å². The SMILES string of the molecule is Cc1ccc(-c2nnc(SCC(=O)c3cc(C)c(C)cc3C)nc2-c2ccc(C)cc2)cc1. The molecule has 0 fully saturated rings. The maximum Gasteiger partial charge on any atom is 0.210 e. The number of nitrogens with zero attached hydrogens (tertiary/aromatic N) is 3. The highest BCUT2D eigenvalue weighted by atomic mass is 32.2. The molecule has 1 aromatic heterocycles. The summed E-state index contributed by atoms with van der Waals surface area (Å²) >= 11 is 1.33. The number of Topliss-reactive ketones (excluding diaryl/α,β-unsaturated/α-hetero) is 1. The van der Waals surface area contributed by atoms with E-state index in [1.54, 1.807) is 0 Å². The summed E-state index contributed by atoms with van der Waals surface area (Å²) < 4.78 is 0. The van der Waals surface area contributed by atoms with E-state index in [4.69, 9.17) is 4.98 Å². The van der Waals surface area contributed by atoms with Gasteiger partial charge in [-0.3, -0.25) is 4.79 Å². The quantitative estimate of drug-likeness (QED) is 0.239. The maximum absolute atomic E-state index is 12.9. The number of benzene rings is 3. The number of aryl methyl sites for hydroxylation is 5. The van der Waals surface area contributed by atoms with Gasteiger partial charge in [-0.1, -0.05) is 77.5 Å². The summed E-state index contributed by atoms with van der Waals surface area (Å²) in [5, 5.41) is 9.37. The van der Waals surface area contributed by atoms with Crippen LogP contribution in [0, 0.1) is 34.6 Å². The molecule has 0 aliphatic heterocycles. The second-order valence-corrected chi connectivity index (χ2v) is 9.43. The number of hydrogen-bond acceptors (Lipinski definition) is 5. The van der Waals surface area contributed by atoms with Crippen LogP contribution in [-0.2, 0) is 0 Å². The Bertz CT molecular complexity index is 1310. The number of rotatable bonds is 6. The van der Waals surface area contributed by atoms with Gasteiger partial charge in [0, 0.05) is 16.7 Å². The molecule has 0 unspecified atom stereocenters. The van der Waals surface area contributed by atoms with Crippen LogP contribution >= 0.6 is 11.8 Å². The zero-order valence-electron chi connectivity index (χ0n) is 19.6. The van der Waals surface area contributed by atoms with Gasteiger partial charge in [-0.2, -0.15) is 0 Å². The Kier molecular flexibility index (Phi) is 6.70. The molecule has 0 amide bonds. The van der Waals surface area contributed by atoms with Gasteiger partial charge in [-0.15, -0.1) is 10.2 Å². The molecule has 3 aromatic carbocycles. The monoisotopic (exact) mass is 453 g/mol. The number of aromatic nitrogens is 3. The van der Waals surface area contributed by atoms with Crippen LogP contribution < -0.4 is 0 Å². The average molecular weight is 454 g/mol. The fraction of sp³-hybridized carbons (Fsp3) is 0.214. The molecule has 0 saturated carbocycles. The lowest BCUT2D eigenvalue weighted by Crippen LogP contribution is -2.07. The molecule has 166 valence electrons. The molecule has 0 atom stereocenters. The third-order valence-electron chi connectivity index (χ3n) is 5.79. The van der Waals surface area contributed by atoms with Gasteiger partial charge in [0.15, 0.2) is 5.78 Å². The Labute approximate surface area is 199 Å². The molecule has 4 aromatic rings. The van der Waals surface area contributed by atoms with Gasteiger partial charge in [0.05, 0.1) is 5.75 Å². The van der Waals surface area contributed by atoms with Gasteiger partial charge in [0.2, 0.25) is 5.16 Å². The highest BCUT2D eigenvalue weighted by molar-refractivity contribution is 7.99. The number of hydrogen-bond donors (Lipinski definition) is 0. The Balaban J connectivity index is 1.65. The zero-order chi connectivity index (χ0) is 23.5. The zero-order valence-corrected chi connectivity index (χ0v) is 20.5. The van der Waals surface area contributed by atoms with Gasteiger partial charge >= 0.3 is 0 Å². The predicted molar refractivity (Wildman–Crippen MR) is 136 cm³/mol. The van der Waals surface area contributed by atoms with Crippen molar-refractivity contribution in [3.8, 4) is 22.5 Å². The van der Waals surface area contributed by atoms with Crippen LogP contribution in [0.3, 0.4) is 0 Å². The van der Waals surface area contributed by atoms with Gasteiger partial charge in [0.1, 0.15) is 11.4 Å². The third kappa shape index (κ3) is 5.20. The lowest BCUT2D eigenvalue weighted by molar-refractivity contribution is 0.102. The van der Waals surface area contributed by atoms with Crippen molar-refractivity contribution in [2.45, 2.75) is 39.8 Å². The van der Waals surface area contributed by atoms with Crippen molar-refractivity contribution in [1.29, 1.82) is 0 Å². The van der Waals surface area contributed by atoms with Crippen molar-refractivity contribution in [2.75, 3.05) is 5.75 Å². The third-order valence-corrected chi connectivity index (χ3v) is 6.63. The van der Waals surface area contributed by atoms with Crippen LogP contribution in [0.25, 0.3) is 22.5 Å². The normalized spacial score (nSPS) is 10.9. The van der Waals surface area contributed by atoms with Crippen molar-refractivity contribution in [3.63, 3.8) is 0 Å². The van der Waals surface area contributed by atoms with Crippen molar-refractivity contribution >= 4 is 17.5 Å². The smallest absolute Gasteiger partial charge is 0.210 e. The summed E-state index contributed by atoms with van der Waals surface area (Å²) in [6, 6.07) is 20.5. The van der Waals surface area contributed by atoms with Crippen LogP contribution in [0.1, 0.15) is 38.2 Å². The number of carbonyl (C=O) groups excluding carboxylic acids is 1. The van der Waals surface area contributed by atoms with E-state index in [0.29, 0.717) is 5.16 Å². The Morgan fingerprint density at radius 1 is 0.697 bits per heavy atom. The molecule has 4 rings (SSSR count). The second kappa shape index (κ2) is 9.67. The fourth-order valence-corrected chi connectivity index (χ4v) is 4.33. The largest absolute Gasteiger partial charge is 0.293 e. The topological polar surface area (TPSA) is 55.7 Å². The lowest BCUT2D eigenvalue weighted by Gasteiger charge is -2.11. The van der Waals surface area contributed by atoms with Crippen molar-refractivity contribution in [2.24, 2.45) is 0 Å². The van der Waals surface area contributed by atoms with Crippen LogP contribution in [0.4, 0.5) is 0 Å². The van der Waals surface area contributed by atoms with E-state index >= 15 is 0 Å². The van der Waals surface area contributed by atoms with E-state index in [1.165, 1.54) is 28.5 Å². The van der Waals surface area contributed by atoms with Crippen LogP contribution in [0.5, 0.6) is 0 Å². The average Bonchev–Trinajstić information content (AvgIpc) is 2.81. The number of ketones is 1. The summed E-state index contributed by atoms with van der Waals surface area (Å²) in [4.78, 5) is 17.7. The summed E-state index contributed by atoms with van der Waals surface area (Å²) in [6.07, 6.45) is 0. The van der Waals surface area contributed by atoms with Gasteiger partial charge in [0.25, 0.3) is 0 Å². The first kappa shape index (κ1) is 22.9. The second-order valence-electron chi connectivity index (χ2n) is 8.49. The standard InChI is InChI=1S/C28H27N3OS/c1-17-6-10-22(11-7-17)26-27(23-12-8-18(2)9-13-23)30-31-28(29-26)33-16-25(32)24-15-20(4)19(3)14-21(24)5/h6-15H,16H2,1-5H3. The molecular weight excluding hydrogens is 426 g/mol. The van der Waals surface area contributed by atoms with E-state index in [9.17, 15) is 4.79 Å². The molecular formula is C28H27N3OS. The highest BCUT2D eigenvalue weighted by Crippen LogP contribution is 2.30. The molecule has 33 heavy (non-hydrogen) atoms. The highest BCUT2D eigenvalue weighted by Gasteiger charge is 2.16. The Hall–Kier alpha value is -3.31. The molecule has 0 aliphatic carbocycles. The molecule has 4 nitrogen and oxygen atoms in total. The van der Waals surface area contributed by atoms with Crippen LogP contribution in [0.15, 0.2) is 65.8 Å². The van der Waals surface area contributed by atoms with Crippen molar-refractivity contribution < 1.29 is 4.79 Å². The van der Waals surface area contributed by atoms with Crippen molar-refractivity contribution in [3.05, 3.63) is 94.0 Å². The molecule has 0 N–H and O–H groups in total. The number of thioether (sulfide) groups is 1. The molecule has 0 aliphatic rings. The molecule has 1 heterocycles. The summed E-state index contributed by atoms with van der Waals surface area (Å²) in [7, 11) is 0. The first-order chi connectivity index (χ1) is 15.8. The molecule has 0 spiro atoms. The molecule has 0 radical (unpaired) electrons. The minimum absolute atomic E-state index is 0.0729. The summed E-state index contributed by atoms with van der Waals surface area (Å²) in [5.74, 6) is 0.339. The van der Waals surface area contributed by atoms with Crippen LogP contribution in [0.2, 0.25) is 0 Å². The van der Waals surface area contributed by atoms with Crippen molar-refractivity contribution in [1.82, 2.24) is 15.2 Å². The fourth-order valence-electron chi connectivity index (χ4n) is 3.66. The molecule has 5 heteroatoms. The summed E-state index contributed by atoms with van der Waals surface area (Å²) in [5.41, 5.74) is 9.89. The van der Waals surface area contributed by atoms with E-state index in [0.717, 1.165) is 39.2 Å². The van der Waals surface area contributed by atoms with E-state index < -0.39 is 0 Å². The molecule has 0 bridgehead atoms. The van der Waals surface area contributed by atoms with Crippen LogP contribution in [-0.4, -0.2) is 26.7 Å². The van der Waals surface area contributed by atoms with Gasteiger partial charge < -0.3 is 0 Å². The number of carbonyl (C=O) groups is 1. The molecule has 0 saturated heterocycles. The Morgan fingerprint density at radius 3 is 1.85 bits per heavy atom. The lowest BCUT2D eigenvalue weighted by atomic mass is 9.99. The predicted octanol–water partition coefficient (Wildman–Crippen LogP) is 6.72. The first-order valence-corrected chi connectivity index (χ1v) is 11.9. The van der Waals surface area contributed by atoms with Gasteiger partial charge in [-0.25, -0.2) is 4.98 Å². The van der Waals surface area contributed by atoms with E-state index in [-0.39, 0.29) is 11.5 Å².